The second kappa shape index (κ2) is 7.49. The van der Waals surface area contributed by atoms with Gasteiger partial charge in [-0.15, -0.1) is 0 Å². The molecule has 132 valence electrons. The number of hydrogen-bond donors (Lipinski definition) is 1. The van der Waals surface area contributed by atoms with Crippen molar-refractivity contribution in [3.05, 3.63) is 72.6 Å². The minimum atomic E-state index is -0.468. The molecule has 0 spiro atoms. The molecule has 0 aromatic heterocycles. The van der Waals surface area contributed by atoms with Gasteiger partial charge >= 0.3 is 0 Å². The normalized spacial score (nSPS) is 17.0. The predicted molar refractivity (Wildman–Crippen MR) is 105 cm³/mol. The Bertz CT molecular complexity index is 969. The summed E-state index contributed by atoms with van der Waals surface area (Å²) < 4.78 is 0. The van der Waals surface area contributed by atoms with Gasteiger partial charge < -0.3 is 5.32 Å². The summed E-state index contributed by atoms with van der Waals surface area (Å²) in [6, 6.07) is 9.44. The maximum atomic E-state index is 12.2. The van der Waals surface area contributed by atoms with Crippen molar-refractivity contribution in [3.8, 4) is 0 Å². The Balaban J connectivity index is 1.89. The first-order chi connectivity index (χ1) is 12.3. The number of amidine groups is 1. The molecule has 0 radical (unpaired) electrons. The number of carbonyl (C=O) groups excluding carboxylic acids is 1. The van der Waals surface area contributed by atoms with Gasteiger partial charge in [0, 0.05) is 27.7 Å². The molecule has 26 heavy (non-hydrogen) atoms. The lowest BCUT2D eigenvalue weighted by Crippen LogP contribution is -2.19. The van der Waals surface area contributed by atoms with E-state index in [9.17, 15) is 14.9 Å². The summed E-state index contributed by atoms with van der Waals surface area (Å²) in [6.45, 7) is 1.72. The number of nitrogens with zero attached hydrogens (tertiary/aromatic N) is 2. The molecule has 0 unspecified atom stereocenters. The Hall–Kier alpha value is -2.35. The molecule has 1 saturated heterocycles. The molecule has 2 aromatic rings. The third-order valence-corrected chi connectivity index (χ3v) is 5.11. The van der Waals surface area contributed by atoms with E-state index in [1.54, 1.807) is 37.3 Å². The molecule has 6 nitrogen and oxygen atoms in total. The van der Waals surface area contributed by atoms with E-state index in [0.717, 1.165) is 11.8 Å². The summed E-state index contributed by atoms with van der Waals surface area (Å²) in [4.78, 5) is 27.3. The topological polar surface area (TPSA) is 84.6 Å². The highest BCUT2D eigenvalue weighted by Gasteiger charge is 2.25. The summed E-state index contributed by atoms with van der Waals surface area (Å²) >= 11 is 13.4. The zero-order valence-corrected chi connectivity index (χ0v) is 15.7. The van der Waals surface area contributed by atoms with Gasteiger partial charge in [-0.3, -0.25) is 14.9 Å². The first-order valence-corrected chi connectivity index (χ1v) is 8.91. The average molecular weight is 408 g/mol. The van der Waals surface area contributed by atoms with Gasteiger partial charge in [-0.2, -0.15) is 0 Å². The predicted octanol–water partition coefficient (Wildman–Crippen LogP) is 5.10. The number of benzene rings is 2. The van der Waals surface area contributed by atoms with Crippen LogP contribution in [0.3, 0.4) is 0 Å². The highest BCUT2D eigenvalue weighted by molar-refractivity contribution is 8.18. The van der Waals surface area contributed by atoms with Crippen molar-refractivity contribution < 1.29 is 9.72 Å². The molecule has 0 atom stereocenters. The number of halogens is 2. The Morgan fingerprint density at radius 1 is 1.23 bits per heavy atom. The van der Waals surface area contributed by atoms with Crippen LogP contribution in [0.2, 0.25) is 10.0 Å². The molecule has 1 N–H and O–H groups in total. The summed E-state index contributed by atoms with van der Waals surface area (Å²) in [5, 5.41) is 14.7. The van der Waals surface area contributed by atoms with Crippen LogP contribution in [-0.2, 0) is 4.79 Å². The highest BCUT2D eigenvalue weighted by atomic mass is 35.5. The first kappa shape index (κ1) is 18.4. The molecule has 1 amide bonds. The van der Waals surface area contributed by atoms with E-state index in [0.29, 0.717) is 36.9 Å². The van der Waals surface area contributed by atoms with E-state index in [2.05, 4.69) is 10.3 Å². The van der Waals surface area contributed by atoms with Gasteiger partial charge in [0.2, 0.25) is 0 Å². The van der Waals surface area contributed by atoms with Gasteiger partial charge in [-0.25, -0.2) is 4.99 Å². The summed E-state index contributed by atoms with van der Waals surface area (Å²) in [5.74, 6) is -0.315. The van der Waals surface area contributed by atoms with Crippen LogP contribution in [0.4, 0.5) is 11.4 Å². The Morgan fingerprint density at radius 3 is 2.54 bits per heavy atom. The number of carbonyl (C=O) groups is 1. The number of thioether (sulfide) groups is 1. The molecule has 9 heteroatoms. The molecule has 1 heterocycles. The van der Waals surface area contributed by atoms with Gasteiger partial charge in [-0.1, -0.05) is 29.3 Å². The summed E-state index contributed by atoms with van der Waals surface area (Å²) in [6.07, 6.45) is 1.61. The SMILES string of the molecule is Cc1cc([N+](=O)[O-])ccc1N=C1NC(=O)/C(=C/c2c(Cl)cccc2Cl)S1. The Morgan fingerprint density at radius 2 is 1.92 bits per heavy atom. The minimum Gasteiger partial charge on any atom is -0.300 e. The fourth-order valence-electron chi connectivity index (χ4n) is 2.25. The number of aryl methyl sites for hydroxylation is 1. The molecule has 3 rings (SSSR count). The fraction of sp³-hybridized carbons (Fsp3) is 0.0588. The number of non-ortho nitro benzene ring substituents is 1. The maximum absolute atomic E-state index is 12.2. The molecule has 1 aliphatic heterocycles. The first-order valence-electron chi connectivity index (χ1n) is 7.34. The molecule has 1 aliphatic rings. The third kappa shape index (κ3) is 3.90. The zero-order chi connectivity index (χ0) is 18.8. The lowest BCUT2D eigenvalue weighted by molar-refractivity contribution is -0.384. The fourth-order valence-corrected chi connectivity index (χ4v) is 3.57. The number of amides is 1. The number of rotatable bonds is 3. The van der Waals surface area contributed by atoms with E-state index in [1.165, 1.54) is 12.1 Å². The number of aliphatic imine (C=N–C) groups is 1. The molecule has 0 saturated carbocycles. The number of nitrogens with one attached hydrogen (secondary N) is 1. The Kier molecular flexibility index (Phi) is 5.31. The molecule has 1 fully saturated rings. The van der Waals surface area contributed by atoms with Crippen molar-refractivity contribution in [1.82, 2.24) is 5.32 Å². The summed E-state index contributed by atoms with van der Waals surface area (Å²) in [7, 11) is 0. The van der Waals surface area contributed by atoms with Crippen molar-refractivity contribution in [2.24, 2.45) is 4.99 Å². The van der Waals surface area contributed by atoms with Crippen molar-refractivity contribution in [2.45, 2.75) is 6.92 Å². The van der Waals surface area contributed by atoms with E-state index in [1.807, 2.05) is 0 Å². The lowest BCUT2D eigenvalue weighted by atomic mass is 10.2. The number of nitro groups is 1. The van der Waals surface area contributed by atoms with Gasteiger partial charge in [0.1, 0.15) is 0 Å². The average Bonchev–Trinajstić information content (AvgIpc) is 2.92. The van der Waals surface area contributed by atoms with Gasteiger partial charge in [0.05, 0.1) is 15.5 Å². The van der Waals surface area contributed by atoms with Crippen LogP contribution in [0.5, 0.6) is 0 Å². The largest absolute Gasteiger partial charge is 0.300 e. The molecular formula is C17H11Cl2N3O3S. The summed E-state index contributed by atoms with van der Waals surface area (Å²) in [5.41, 5.74) is 1.72. The monoisotopic (exact) mass is 407 g/mol. The quantitative estimate of drug-likeness (QED) is 0.435. The lowest BCUT2D eigenvalue weighted by Gasteiger charge is -2.02. The molecule has 0 bridgehead atoms. The van der Waals surface area contributed by atoms with Crippen LogP contribution in [0.1, 0.15) is 11.1 Å². The smallest absolute Gasteiger partial charge is 0.269 e. The second-order valence-electron chi connectivity index (χ2n) is 5.34. The maximum Gasteiger partial charge on any atom is 0.269 e. The van der Waals surface area contributed by atoms with Crippen LogP contribution in [0.25, 0.3) is 6.08 Å². The van der Waals surface area contributed by atoms with Gasteiger partial charge in [0.15, 0.2) is 5.17 Å². The molecular weight excluding hydrogens is 397 g/mol. The van der Waals surface area contributed by atoms with E-state index >= 15 is 0 Å². The number of hydrogen-bond acceptors (Lipinski definition) is 5. The van der Waals surface area contributed by atoms with Crippen LogP contribution in [-0.4, -0.2) is 16.0 Å². The Labute approximate surface area is 163 Å². The van der Waals surface area contributed by atoms with Crippen molar-refractivity contribution in [2.75, 3.05) is 0 Å². The van der Waals surface area contributed by atoms with Gasteiger partial charge in [-0.05, 0) is 48.5 Å². The standard InChI is InChI=1S/C17H11Cl2N3O3S/c1-9-7-10(22(24)25)5-6-14(9)20-17-21-16(23)15(26-17)8-11-12(18)3-2-4-13(11)19/h2-8H,1H3,(H,20,21,23)/b15-8-. The van der Waals surface area contributed by atoms with Crippen molar-refractivity contribution >= 4 is 63.5 Å². The van der Waals surface area contributed by atoms with E-state index in [4.69, 9.17) is 23.2 Å². The third-order valence-electron chi connectivity index (χ3n) is 3.54. The minimum absolute atomic E-state index is 0.0106. The van der Waals surface area contributed by atoms with E-state index in [-0.39, 0.29) is 11.6 Å². The van der Waals surface area contributed by atoms with Crippen molar-refractivity contribution in [1.29, 1.82) is 0 Å². The van der Waals surface area contributed by atoms with Crippen LogP contribution in [0.15, 0.2) is 46.3 Å². The second-order valence-corrected chi connectivity index (χ2v) is 7.19. The van der Waals surface area contributed by atoms with Crippen LogP contribution in [0, 0.1) is 17.0 Å². The van der Waals surface area contributed by atoms with Crippen LogP contribution < -0.4 is 5.32 Å². The highest BCUT2D eigenvalue weighted by Crippen LogP contribution is 2.33. The van der Waals surface area contributed by atoms with Crippen molar-refractivity contribution in [3.63, 3.8) is 0 Å². The van der Waals surface area contributed by atoms with Crippen LogP contribution >= 0.6 is 35.0 Å². The van der Waals surface area contributed by atoms with Gasteiger partial charge in [0.25, 0.3) is 11.6 Å². The molecule has 0 aliphatic carbocycles. The zero-order valence-electron chi connectivity index (χ0n) is 13.3. The number of nitro benzene ring substituents is 1. The molecule has 2 aromatic carbocycles. The van der Waals surface area contributed by atoms with E-state index < -0.39 is 4.92 Å².